The monoisotopic (exact) mass is 246 g/mol. The molecule has 0 radical (unpaired) electrons. The molecule has 12 heavy (non-hydrogen) atoms. The summed E-state index contributed by atoms with van der Waals surface area (Å²) in [7, 11) is 0. The summed E-state index contributed by atoms with van der Waals surface area (Å²) in [5.41, 5.74) is 1.44. The number of halogens is 2. The van der Waals surface area contributed by atoms with E-state index in [4.69, 9.17) is 16.3 Å². The molecule has 0 aromatic heterocycles. The molecule has 2 nitrogen and oxygen atoms in total. The Morgan fingerprint density at radius 3 is 3.00 bits per heavy atom. The first-order valence-electron chi connectivity index (χ1n) is 3.34. The zero-order valence-electron chi connectivity index (χ0n) is 5.93. The molecule has 2 rings (SSSR count). The van der Waals surface area contributed by atoms with E-state index in [1.54, 1.807) is 12.1 Å². The van der Waals surface area contributed by atoms with Crippen molar-refractivity contribution in [3.63, 3.8) is 0 Å². The third-order valence-corrected chi connectivity index (χ3v) is 3.11. The number of esters is 1. The Labute approximate surface area is 82.6 Å². The lowest BCUT2D eigenvalue weighted by Gasteiger charge is -1.98. The number of carbonyl (C=O) groups is 1. The first kappa shape index (κ1) is 8.08. The van der Waals surface area contributed by atoms with Gasteiger partial charge in [0.1, 0.15) is 6.61 Å². The summed E-state index contributed by atoms with van der Waals surface area (Å²) in [4.78, 5) is 11.1. The van der Waals surface area contributed by atoms with Crippen LogP contribution < -0.4 is 0 Å². The van der Waals surface area contributed by atoms with Gasteiger partial charge in [-0.05, 0) is 22.0 Å². The Morgan fingerprint density at radius 1 is 1.50 bits per heavy atom. The second-order valence-electron chi connectivity index (χ2n) is 2.47. The molecule has 62 valence electrons. The van der Waals surface area contributed by atoms with Crippen LogP contribution in [-0.4, -0.2) is 5.97 Å². The maximum atomic E-state index is 11.1. The molecule has 4 heteroatoms. The number of fused-ring (bicyclic) bond motifs is 1. The number of hydrogen-bond acceptors (Lipinski definition) is 2. The first-order chi connectivity index (χ1) is 5.70. The van der Waals surface area contributed by atoms with E-state index in [1.807, 2.05) is 0 Å². The fourth-order valence-corrected chi connectivity index (χ4v) is 1.85. The van der Waals surface area contributed by atoms with Gasteiger partial charge in [0, 0.05) is 5.56 Å². The van der Waals surface area contributed by atoms with Gasteiger partial charge in [0.2, 0.25) is 0 Å². The molecule has 0 fully saturated rings. The van der Waals surface area contributed by atoms with E-state index in [-0.39, 0.29) is 5.97 Å². The van der Waals surface area contributed by atoms with Crippen LogP contribution in [0, 0.1) is 0 Å². The normalized spacial score (nSPS) is 14.3. The third kappa shape index (κ3) is 1.04. The summed E-state index contributed by atoms with van der Waals surface area (Å²) in [5.74, 6) is -0.306. The Bertz CT molecular complexity index is 362. The predicted molar refractivity (Wildman–Crippen MR) is 48.3 cm³/mol. The molecule has 0 amide bonds. The first-order valence-corrected chi connectivity index (χ1v) is 4.51. The summed E-state index contributed by atoms with van der Waals surface area (Å²) in [6, 6.07) is 3.54. The maximum absolute atomic E-state index is 11.1. The van der Waals surface area contributed by atoms with Gasteiger partial charge in [0.15, 0.2) is 0 Å². The van der Waals surface area contributed by atoms with E-state index in [2.05, 4.69) is 15.9 Å². The standard InChI is InChI=1S/C8H4BrClO2/c9-7-5(10)2-1-4-3-12-8(11)6(4)7/h1-2H,3H2. The lowest BCUT2D eigenvalue weighted by atomic mass is 10.1. The molecule has 0 saturated carbocycles. The second kappa shape index (κ2) is 2.75. The van der Waals surface area contributed by atoms with Gasteiger partial charge in [0.25, 0.3) is 0 Å². The molecule has 1 aliphatic heterocycles. The Kier molecular flexibility index (Phi) is 1.85. The fraction of sp³-hybridized carbons (Fsp3) is 0.125. The Morgan fingerprint density at radius 2 is 2.25 bits per heavy atom. The SMILES string of the molecule is O=C1OCc2ccc(Cl)c(Br)c21. The summed E-state index contributed by atoms with van der Waals surface area (Å²) in [6.07, 6.45) is 0. The molecule has 0 spiro atoms. The minimum atomic E-state index is -0.306. The molecule has 1 aromatic rings. The predicted octanol–water partition coefficient (Wildman–Crippen LogP) is 2.77. The van der Waals surface area contributed by atoms with Crippen molar-refractivity contribution in [2.24, 2.45) is 0 Å². The number of cyclic esters (lactones) is 1. The zero-order valence-corrected chi connectivity index (χ0v) is 8.28. The molecule has 1 aromatic carbocycles. The average Bonchev–Trinajstić information content (AvgIpc) is 2.41. The highest BCUT2D eigenvalue weighted by Gasteiger charge is 2.24. The van der Waals surface area contributed by atoms with Crippen LogP contribution in [0.1, 0.15) is 15.9 Å². The number of benzene rings is 1. The van der Waals surface area contributed by atoms with Crippen LogP contribution in [-0.2, 0) is 11.3 Å². The van der Waals surface area contributed by atoms with Crippen LogP contribution in [0.15, 0.2) is 16.6 Å². The quantitative estimate of drug-likeness (QED) is 0.659. The average molecular weight is 247 g/mol. The van der Waals surface area contributed by atoms with Crippen LogP contribution in [0.3, 0.4) is 0 Å². The molecule has 0 bridgehead atoms. The summed E-state index contributed by atoms with van der Waals surface area (Å²) in [6.45, 7) is 0.351. The van der Waals surface area contributed by atoms with E-state index < -0.39 is 0 Å². The number of rotatable bonds is 0. The minimum Gasteiger partial charge on any atom is -0.457 e. The zero-order chi connectivity index (χ0) is 8.72. The van der Waals surface area contributed by atoms with Crippen molar-refractivity contribution in [3.8, 4) is 0 Å². The number of hydrogen-bond donors (Lipinski definition) is 0. The highest BCUT2D eigenvalue weighted by molar-refractivity contribution is 9.10. The molecule has 0 atom stereocenters. The van der Waals surface area contributed by atoms with Gasteiger partial charge < -0.3 is 4.74 Å². The van der Waals surface area contributed by atoms with Crippen molar-refractivity contribution in [1.29, 1.82) is 0 Å². The van der Waals surface area contributed by atoms with Crippen LogP contribution in [0.5, 0.6) is 0 Å². The van der Waals surface area contributed by atoms with Crippen molar-refractivity contribution in [2.75, 3.05) is 0 Å². The number of ether oxygens (including phenoxy) is 1. The lowest BCUT2D eigenvalue weighted by Crippen LogP contribution is -1.95. The van der Waals surface area contributed by atoms with Gasteiger partial charge in [-0.15, -0.1) is 0 Å². The van der Waals surface area contributed by atoms with Gasteiger partial charge in [-0.1, -0.05) is 17.7 Å². The Hall–Kier alpha value is -0.540. The molecule has 0 N–H and O–H groups in total. The second-order valence-corrected chi connectivity index (χ2v) is 3.67. The van der Waals surface area contributed by atoms with Crippen molar-refractivity contribution < 1.29 is 9.53 Å². The van der Waals surface area contributed by atoms with Gasteiger partial charge >= 0.3 is 5.97 Å². The van der Waals surface area contributed by atoms with Crippen LogP contribution in [0.25, 0.3) is 0 Å². The largest absolute Gasteiger partial charge is 0.457 e. The molecular weight excluding hydrogens is 243 g/mol. The summed E-state index contributed by atoms with van der Waals surface area (Å²) in [5, 5.41) is 0.535. The van der Waals surface area contributed by atoms with Crippen molar-refractivity contribution >= 4 is 33.5 Å². The van der Waals surface area contributed by atoms with Crippen molar-refractivity contribution in [3.05, 3.63) is 32.8 Å². The minimum absolute atomic E-state index is 0.306. The highest BCUT2D eigenvalue weighted by Crippen LogP contribution is 2.33. The fourth-order valence-electron chi connectivity index (χ4n) is 1.15. The van der Waals surface area contributed by atoms with Crippen molar-refractivity contribution in [2.45, 2.75) is 6.61 Å². The van der Waals surface area contributed by atoms with Crippen LogP contribution in [0.2, 0.25) is 5.02 Å². The topological polar surface area (TPSA) is 26.3 Å². The van der Waals surface area contributed by atoms with Crippen LogP contribution >= 0.6 is 27.5 Å². The van der Waals surface area contributed by atoms with E-state index in [0.717, 1.165) is 5.56 Å². The Balaban J connectivity index is 2.71. The molecule has 0 unspecified atom stereocenters. The van der Waals surface area contributed by atoms with Crippen LogP contribution in [0.4, 0.5) is 0 Å². The molecule has 0 saturated heterocycles. The van der Waals surface area contributed by atoms with Gasteiger partial charge in [-0.25, -0.2) is 4.79 Å². The van der Waals surface area contributed by atoms with E-state index in [9.17, 15) is 4.79 Å². The van der Waals surface area contributed by atoms with E-state index >= 15 is 0 Å². The lowest BCUT2D eigenvalue weighted by molar-refractivity contribution is 0.0534. The number of carbonyl (C=O) groups excluding carboxylic acids is 1. The molecule has 0 aliphatic carbocycles. The van der Waals surface area contributed by atoms with Crippen molar-refractivity contribution in [1.82, 2.24) is 0 Å². The molecular formula is C8H4BrClO2. The summed E-state index contributed by atoms with van der Waals surface area (Å²) < 4.78 is 5.46. The van der Waals surface area contributed by atoms with Gasteiger partial charge in [-0.2, -0.15) is 0 Å². The third-order valence-electron chi connectivity index (χ3n) is 1.74. The smallest absolute Gasteiger partial charge is 0.340 e. The summed E-state index contributed by atoms with van der Waals surface area (Å²) >= 11 is 9.04. The van der Waals surface area contributed by atoms with E-state index in [0.29, 0.717) is 21.7 Å². The highest BCUT2D eigenvalue weighted by atomic mass is 79.9. The maximum Gasteiger partial charge on any atom is 0.340 e. The molecule has 1 aliphatic rings. The molecule has 1 heterocycles. The van der Waals surface area contributed by atoms with E-state index in [1.165, 1.54) is 0 Å². The van der Waals surface area contributed by atoms with Gasteiger partial charge in [0.05, 0.1) is 15.1 Å². The van der Waals surface area contributed by atoms with Gasteiger partial charge in [-0.3, -0.25) is 0 Å².